The van der Waals surface area contributed by atoms with E-state index in [0.717, 1.165) is 25.4 Å². The summed E-state index contributed by atoms with van der Waals surface area (Å²) < 4.78 is 5.90. The van der Waals surface area contributed by atoms with Crippen molar-refractivity contribution in [2.75, 3.05) is 31.6 Å². The Kier molecular flexibility index (Phi) is 3.11. The predicted octanol–water partition coefficient (Wildman–Crippen LogP) is 1.49. The molecule has 15 heavy (non-hydrogen) atoms. The van der Waals surface area contributed by atoms with E-state index < -0.39 is 0 Å². The normalized spacial score (nSPS) is 19.6. The van der Waals surface area contributed by atoms with Gasteiger partial charge in [0, 0.05) is 13.1 Å². The minimum atomic E-state index is 0.254. The molecule has 0 bridgehead atoms. The highest BCUT2D eigenvalue weighted by Gasteiger charge is 2.23. The van der Waals surface area contributed by atoms with Crippen molar-refractivity contribution in [3.63, 3.8) is 0 Å². The largest absolute Gasteiger partial charge is 0.485 e. The molecule has 1 aliphatic heterocycles. The fraction of sp³-hybridized carbons (Fsp3) is 0.500. The van der Waals surface area contributed by atoms with Crippen LogP contribution < -0.4 is 15.0 Å². The van der Waals surface area contributed by atoms with Crippen molar-refractivity contribution < 1.29 is 4.74 Å². The molecule has 1 atom stereocenters. The molecule has 0 spiro atoms. The van der Waals surface area contributed by atoms with Crippen molar-refractivity contribution in [2.24, 2.45) is 0 Å². The first-order valence-corrected chi connectivity index (χ1v) is 5.50. The van der Waals surface area contributed by atoms with Gasteiger partial charge in [-0.15, -0.1) is 0 Å². The second-order valence-corrected chi connectivity index (χ2v) is 3.80. The SMILES string of the molecule is CCN1C[C@@H](CNC)Oc2ccccc21. The van der Waals surface area contributed by atoms with Crippen molar-refractivity contribution in [1.82, 2.24) is 5.32 Å². The summed E-state index contributed by atoms with van der Waals surface area (Å²) in [5, 5.41) is 3.16. The van der Waals surface area contributed by atoms with Crippen molar-refractivity contribution in [2.45, 2.75) is 13.0 Å². The van der Waals surface area contributed by atoms with Crippen molar-refractivity contribution >= 4 is 5.69 Å². The lowest BCUT2D eigenvalue weighted by Gasteiger charge is -2.35. The Morgan fingerprint density at radius 2 is 2.27 bits per heavy atom. The van der Waals surface area contributed by atoms with Crippen LogP contribution in [-0.2, 0) is 0 Å². The smallest absolute Gasteiger partial charge is 0.143 e. The molecule has 0 saturated carbocycles. The molecule has 0 radical (unpaired) electrons. The van der Waals surface area contributed by atoms with Gasteiger partial charge in [-0.05, 0) is 26.1 Å². The van der Waals surface area contributed by atoms with E-state index in [1.807, 2.05) is 19.2 Å². The quantitative estimate of drug-likeness (QED) is 0.811. The molecule has 1 aromatic rings. The fourth-order valence-corrected chi connectivity index (χ4v) is 2.01. The van der Waals surface area contributed by atoms with Crippen LogP contribution in [0, 0.1) is 0 Å². The standard InChI is InChI=1S/C12H18N2O/c1-3-14-9-10(8-13-2)15-12-7-5-4-6-11(12)14/h4-7,10,13H,3,8-9H2,1-2H3/t10-/m1/s1. The monoisotopic (exact) mass is 206 g/mol. The van der Waals surface area contributed by atoms with Gasteiger partial charge in [0.15, 0.2) is 0 Å². The van der Waals surface area contributed by atoms with Gasteiger partial charge in [-0.3, -0.25) is 0 Å². The molecule has 1 aliphatic rings. The highest BCUT2D eigenvalue weighted by molar-refractivity contribution is 5.59. The molecule has 0 aromatic heterocycles. The zero-order chi connectivity index (χ0) is 10.7. The Hall–Kier alpha value is -1.22. The maximum absolute atomic E-state index is 5.90. The number of benzene rings is 1. The first-order chi connectivity index (χ1) is 7.35. The molecule has 1 heterocycles. The number of nitrogens with one attached hydrogen (secondary N) is 1. The van der Waals surface area contributed by atoms with Crippen LogP contribution in [0.5, 0.6) is 5.75 Å². The highest BCUT2D eigenvalue weighted by Crippen LogP contribution is 2.32. The number of anilines is 1. The number of hydrogen-bond donors (Lipinski definition) is 1. The average molecular weight is 206 g/mol. The summed E-state index contributed by atoms with van der Waals surface area (Å²) in [6.07, 6.45) is 0.254. The van der Waals surface area contributed by atoms with Crippen molar-refractivity contribution in [3.8, 4) is 5.75 Å². The molecule has 1 aromatic carbocycles. The number of likely N-dealkylation sites (N-methyl/N-ethyl adjacent to an activating group) is 2. The summed E-state index contributed by atoms with van der Waals surface area (Å²) in [5.41, 5.74) is 1.22. The van der Waals surface area contributed by atoms with Gasteiger partial charge >= 0.3 is 0 Å². The molecule has 0 amide bonds. The lowest BCUT2D eigenvalue weighted by atomic mass is 10.2. The third-order valence-corrected chi connectivity index (χ3v) is 2.74. The summed E-state index contributed by atoms with van der Waals surface area (Å²) in [4.78, 5) is 2.36. The molecule has 0 aliphatic carbocycles. The number of fused-ring (bicyclic) bond motifs is 1. The topological polar surface area (TPSA) is 24.5 Å². The molecule has 1 N–H and O–H groups in total. The molecule has 0 unspecified atom stereocenters. The number of hydrogen-bond acceptors (Lipinski definition) is 3. The Labute approximate surface area is 91.0 Å². The Bertz CT molecular complexity index is 327. The van der Waals surface area contributed by atoms with E-state index in [1.165, 1.54) is 5.69 Å². The summed E-state index contributed by atoms with van der Waals surface area (Å²) >= 11 is 0. The lowest BCUT2D eigenvalue weighted by Crippen LogP contribution is -2.44. The van der Waals surface area contributed by atoms with Crippen LogP contribution in [0.25, 0.3) is 0 Å². The number of rotatable bonds is 3. The van der Waals surface area contributed by atoms with Gasteiger partial charge in [0.05, 0.1) is 12.2 Å². The van der Waals surface area contributed by atoms with Gasteiger partial charge in [0.1, 0.15) is 11.9 Å². The van der Waals surface area contributed by atoms with Crippen LogP contribution in [0.15, 0.2) is 24.3 Å². The first kappa shape index (κ1) is 10.3. The van der Waals surface area contributed by atoms with E-state index in [-0.39, 0.29) is 6.10 Å². The lowest BCUT2D eigenvalue weighted by molar-refractivity contribution is 0.193. The summed E-state index contributed by atoms with van der Waals surface area (Å²) in [6.45, 7) is 5.07. The van der Waals surface area contributed by atoms with Crippen LogP contribution in [0.2, 0.25) is 0 Å². The Morgan fingerprint density at radius 1 is 1.47 bits per heavy atom. The number of ether oxygens (including phenoxy) is 1. The molecule has 2 rings (SSSR count). The van der Waals surface area contributed by atoms with E-state index in [2.05, 4.69) is 29.3 Å². The third kappa shape index (κ3) is 2.07. The van der Waals surface area contributed by atoms with Crippen LogP contribution in [0.4, 0.5) is 5.69 Å². The van der Waals surface area contributed by atoms with Crippen molar-refractivity contribution in [3.05, 3.63) is 24.3 Å². The van der Waals surface area contributed by atoms with Gasteiger partial charge in [-0.25, -0.2) is 0 Å². The zero-order valence-electron chi connectivity index (χ0n) is 9.36. The fourth-order valence-electron chi connectivity index (χ4n) is 2.01. The van der Waals surface area contributed by atoms with Gasteiger partial charge in [-0.2, -0.15) is 0 Å². The van der Waals surface area contributed by atoms with Crippen molar-refractivity contribution in [1.29, 1.82) is 0 Å². The van der Waals surface area contributed by atoms with Gasteiger partial charge < -0.3 is 15.0 Å². The van der Waals surface area contributed by atoms with E-state index >= 15 is 0 Å². The Morgan fingerprint density at radius 3 is 3.00 bits per heavy atom. The zero-order valence-corrected chi connectivity index (χ0v) is 9.36. The van der Waals surface area contributed by atoms with E-state index in [4.69, 9.17) is 4.74 Å². The molecule has 0 saturated heterocycles. The van der Waals surface area contributed by atoms with E-state index in [9.17, 15) is 0 Å². The second kappa shape index (κ2) is 4.53. The minimum absolute atomic E-state index is 0.254. The van der Waals surface area contributed by atoms with E-state index in [1.54, 1.807) is 0 Å². The second-order valence-electron chi connectivity index (χ2n) is 3.80. The molecular weight excluding hydrogens is 188 g/mol. The Balaban J connectivity index is 2.22. The van der Waals surface area contributed by atoms with Gasteiger partial charge in [0.2, 0.25) is 0 Å². The van der Waals surface area contributed by atoms with Crippen LogP contribution in [0.3, 0.4) is 0 Å². The number of nitrogens with zero attached hydrogens (tertiary/aromatic N) is 1. The average Bonchev–Trinajstić information content (AvgIpc) is 2.28. The molecule has 82 valence electrons. The minimum Gasteiger partial charge on any atom is -0.485 e. The summed E-state index contributed by atoms with van der Waals surface area (Å²) in [7, 11) is 1.96. The maximum Gasteiger partial charge on any atom is 0.143 e. The highest BCUT2D eigenvalue weighted by atomic mass is 16.5. The van der Waals surface area contributed by atoms with Gasteiger partial charge in [-0.1, -0.05) is 12.1 Å². The predicted molar refractivity (Wildman–Crippen MR) is 62.7 cm³/mol. The summed E-state index contributed by atoms with van der Waals surface area (Å²) in [5.74, 6) is 1.01. The van der Waals surface area contributed by atoms with Crippen LogP contribution in [-0.4, -0.2) is 32.8 Å². The molecule has 3 nitrogen and oxygen atoms in total. The van der Waals surface area contributed by atoms with Crippen LogP contribution >= 0.6 is 0 Å². The first-order valence-electron chi connectivity index (χ1n) is 5.50. The maximum atomic E-state index is 5.90. The molecule has 0 fully saturated rings. The van der Waals surface area contributed by atoms with Gasteiger partial charge in [0.25, 0.3) is 0 Å². The number of para-hydroxylation sites is 2. The molecule has 3 heteroatoms. The van der Waals surface area contributed by atoms with Crippen LogP contribution in [0.1, 0.15) is 6.92 Å². The van der Waals surface area contributed by atoms with E-state index in [0.29, 0.717) is 0 Å². The molecular formula is C12H18N2O. The summed E-state index contributed by atoms with van der Waals surface area (Å²) in [6, 6.07) is 8.24. The third-order valence-electron chi connectivity index (χ3n) is 2.74.